The minimum atomic E-state index is -0.427. The fraction of sp³-hybridized carbons (Fsp3) is 0.0500. The van der Waals surface area contributed by atoms with Gasteiger partial charge in [0.05, 0.1) is 22.0 Å². The quantitative estimate of drug-likeness (QED) is 0.448. The van der Waals surface area contributed by atoms with E-state index in [0.717, 1.165) is 15.3 Å². The number of carbonyl (C=O) groups is 1. The average Bonchev–Trinajstić information content (AvgIpc) is 3.32. The molecular weight excluding hydrogens is 457 g/mol. The summed E-state index contributed by atoms with van der Waals surface area (Å²) in [4.78, 5) is 17.7. The summed E-state index contributed by atoms with van der Waals surface area (Å²) in [5.74, 6) is -0.755. The van der Waals surface area contributed by atoms with Crippen LogP contribution in [0.15, 0.2) is 81.8 Å². The van der Waals surface area contributed by atoms with Gasteiger partial charge in [-0.25, -0.2) is 14.1 Å². The van der Waals surface area contributed by atoms with Gasteiger partial charge in [0.1, 0.15) is 5.82 Å². The Hall–Kier alpha value is -2.91. The first-order valence-corrected chi connectivity index (χ1v) is 10.2. The molecule has 4 aromatic rings. The van der Waals surface area contributed by atoms with Gasteiger partial charge in [-0.2, -0.15) is 5.10 Å². The highest BCUT2D eigenvalue weighted by Crippen LogP contribution is 2.33. The number of imidazole rings is 1. The van der Waals surface area contributed by atoms with Gasteiger partial charge in [0.2, 0.25) is 0 Å². The largest absolute Gasteiger partial charge is 0.329 e. The first-order valence-electron chi connectivity index (χ1n) is 8.56. The van der Waals surface area contributed by atoms with Crippen molar-refractivity contribution in [3.8, 4) is 5.69 Å². The number of carbonyl (C=O) groups excluding carboxylic acids is 1. The lowest BCUT2D eigenvalue weighted by atomic mass is 10.2. The fourth-order valence-electron chi connectivity index (χ4n) is 2.64. The number of anilines is 1. The minimum absolute atomic E-state index is 0.328. The zero-order valence-corrected chi connectivity index (χ0v) is 17.6. The molecule has 0 saturated carbocycles. The maximum absolute atomic E-state index is 13.8. The van der Waals surface area contributed by atoms with E-state index in [2.05, 4.69) is 31.3 Å². The lowest BCUT2D eigenvalue weighted by Crippen LogP contribution is -2.13. The van der Waals surface area contributed by atoms with Crippen molar-refractivity contribution in [1.82, 2.24) is 19.3 Å². The summed E-state index contributed by atoms with van der Waals surface area (Å²) in [5.41, 5.74) is 1.67. The first-order chi connectivity index (χ1) is 14.0. The smallest absolute Gasteiger partial charge is 0.255 e. The second kappa shape index (κ2) is 8.22. The van der Waals surface area contributed by atoms with Crippen molar-refractivity contribution in [2.45, 2.75) is 10.1 Å². The van der Waals surface area contributed by atoms with Crippen molar-refractivity contribution in [2.75, 3.05) is 5.32 Å². The van der Waals surface area contributed by atoms with Gasteiger partial charge < -0.3 is 9.88 Å². The summed E-state index contributed by atoms with van der Waals surface area (Å²) >= 11 is 4.71. The molecule has 2 aromatic carbocycles. The molecule has 6 nitrogen and oxygen atoms in total. The van der Waals surface area contributed by atoms with Crippen LogP contribution in [0.1, 0.15) is 10.4 Å². The molecule has 0 radical (unpaired) electrons. The molecule has 1 N–H and O–H groups in total. The molecular formula is C20H15BrFN5OS. The number of benzene rings is 2. The summed E-state index contributed by atoms with van der Waals surface area (Å²) < 4.78 is 18.2. The van der Waals surface area contributed by atoms with Crippen molar-refractivity contribution in [3.63, 3.8) is 0 Å². The van der Waals surface area contributed by atoms with Crippen molar-refractivity contribution < 1.29 is 9.18 Å². The monoisotopic (exact) mass is 471 g/mol. The molecule has 0 aliphatic carbocycles. The predicted octanol–water partition coefficient (Wildman–Crippen LogP) is 4.91. The Labute approximate surface area is 178 Å². The Morgan fingerprint density at radius 1 is 1.21 bits per heavy atom. The number of nitrogens with one attached hydrogen (secondary N) is 1. The summed E-state index contributed by atoms with van der Waals surface area (Å²) in [6.07, 6.45) is 7.02. The number of nitrogens with zero attached hydrogens (tertiary/aromatic N) is 4. The predicted molar refractivity (Wildman–Crippen MR) is 113 cm³/mol. The zero-order valence-electron chi connectivity index (χ0n) is 15.2. The number of halogens is 2. The van der Waals surface area contributed by atoms with Gasteiger partial charge in [-0.05, 0) is 70.2 Å². The number of hydrogen-bond donors (Lipinski definition) is 1. The van der Waals surface area contributed by atoms with Gasteiger partial charge in [-0.1, -0.05) is 0 Å². The van der Waals surface area contributed by atoms with E-state index in [0.29, 0.717) is 16.1 Å². The zero-order chi connectivity index (χ0) is 20.4. The van der Waals surface area contributed by atoms with Gasteiger partial charge in [0, 0.05) is 36.1 Å². The molecule has 0 atom stereocenters. The van der Waals surface area contributed by atoms with Crippen LogP contribution in [0.3, 0.4) is 0 Å². The fourth-order valence-corrected chi connectivity index (χ4v) is 3.80. The topological polar surface area (TPSA) is 64.7 Å². The third kappa shape index (κ3) is 4.41. The Bertz CT molecular complexity index is 1170. The molecule has 146 valence electrons. The molecule has 1 amide bonds. The number of aromatic nitrogens is 4. The van der Waals surface area contributed by atoms with Crippen molar-refractivity contribution in [3.05, 3.63) is 83.1 Å². The molecule has 2 heterocycles. The van der Waals surface area contributed by atoms with E-state index in [1.54, 1.807) is 47.4 Å². The SMILES string of the molecule is Cn1ccnc1Sc1ccc(F)cc1NC(=O)c1ccc(-n2cc(Br)cn2)cc1. The number of rotatable bonds is 5. The van der Waals surface area contributed by atoms with Crippen molar-refractivity contribution in [2.24, 2.45) is 7.05 Å². The lowest BCUT2D eigenvalue weighted by molar-refractivity contribution is 0.102. The maximum atomic E-state index is 13.8. The number of hydrogen-bond acceptors (Lipinski definition) is 4. The van der Waals surface area contributed by atoms with E-state index in [-0.39, 0.29) is 5.91 Å². The Morgan fingerprint density at radius 2 is 2.00 bits per heavy atom. The summed E-state index contributed by atoms with van der Waals surface area (Å²) in [6, 6.07) is 11.3. The molecule has 0 spiro atoms. The molecule has 0 aliphatic rings. The van der Waals surface area contributed by atoms with Crippen LogP contribution in [0.5, 0.6) is 0 Å². The Kier molecular flexibility index (Phi) is 5.50. The van der Waals surface area contributed by atoms with Gasteiger partial charge in [0.25, 0.3) is 5.91 Å². The van der Waals surface area contributed by atoms with E-state index >= 15 is 0 Å². The third-order valence-electron chi connectivity index (χ3n) is 4.11. The number of amides is 1. The average molecular weight is 472 g/mol. The molecule has 9 heteroatoms. The summed E-state index contributed by atoms with van der Waals surface area (Å²) in [7, 11) is 1.87. The minimum Gasteiger partial charge on any atom is -0.329 e. The maximum Gasteiger partial charge on any atom is 0.255 e. The number of aryl methyl sites for hydroxylation is 1. The molecule has 0 fully saturated rings. The molecule has 0 saturated heterocycles. The van der Waals surface area contributed by atoms with Crippen LogP contribution in [0.2, 0.25) is 0 Å². The van der Waals surface area contributed by atoms with Crippen LogP contribution in [-0.4, -0.2) is 25.2 Å². The highest BCUT2D eigenvalue weighted by molar-refractivity contribution is 9.10. The van der Waals surface area contributed by atoms with E-state index in [9.17, 15) is 9.18 Å². The highest BCUT2D eigenvalue weighted by atomic mass is 79.9. The molecule has 0 unspecified atom stereocenters. The normalized spacial score (nSPS) is 10.9. The summed E-state index contributed by atoms with van der Waals surface area (Å²) in [6.45, 7) is 0. The van der Waals surface area contributed by atoms with Gasteiger partial charge in [-0.15, -0.1) is 0 Å². The van der Waals surface area contributed by atoms with E-state index < -0.39 is 5.82 Å². The van der Waals surface area contributed by atoms with Crippen LogP contribution in [0, 0.1) is 5.82 Å². The third-order valence-corrected chi connectivity index (χ3v) is 5.67. The molecule has 4 rings (SSSR count). The summed E-state index contributed by atoms with van der Waals surface area (Å²) in [5, 5.41) is 7.74. The van der Waals surface area contributed by atoms with Crippen LogP contribution in [-0.2, 0) is 7.05 Å². The van der Waals surface area contributed by atoms with E-state index in [1.165, 1.54) is 23.9 Å². The van der Waals surface area contributed by atoms with Crippen LogP contribution in [0.25, 0.3) is 5.69 Å². The van der Waals surface area contributed by atoms with Gasteiger partial charge in [-0.3, -0.25) is 4.79 Å². The molecule has 0 aliphatic heterocycles. The van der Waals surface area contributed by atoms with E-state index in [4.69, 9.17) is 0 Å². The highest BCUT2D eigenvalue weighted by Gasteiger charge is 2.13. The Balaban J connectivity index is 1.55. The van der Waals surface area contributed by atoms with Crippen molar-refractivity contribution in [1.29, 1.82) is 0 Å². The Morgan fingerprint density at radius 3 is 2.66 bits per heavy atom. The first kappa shape index (κ1) is 19.4. The molecule has 2 aromatic heterocycles. The van der Waals surface area contributed by atoms with Crippen LogP contribution < -0.4 is 5.32 Å². The van der Waals surface area contributed by atoms with Crippen LogP contribution >= 0.6 is 27.7 Å². The van der Waals surface area contributed by atoms with Crippen molar-refractivity contribution >= 4 is 39.3 Å². The van der Waals surface area contributed by atoms with Crippen LogP contribution in [0.4, 0.5) is 10.1 Å². The lowest BCUT2D eigenvalue weighted by Gasteiger charge is -2.11. The molecule has 0 bridgehead atoms. The second-order valence-electron chi connectivity index (χ2n) is 6.17. The second-order valence-corrected chi connectivity index (χ2v) is 8.09. The van der Waals surface area contributed by atoms with Gasteiger partial charge in [0.15, 0.2) is 5.16 Å². The standard InChI is InChI=1S/C20H15BrFN5OS/c1-26-9-8-23-20(26)29-18-7-4-15(22)10-17(18)25-19(28)13-2-5-16(6-3-13)27-12-14(21)11-24-27/h2-12H,1H3,(H,25,28). The molecule has 29 heavy (non-hydrogen) atoms. The van der Waals surface area contributed by atoms with Gasteiger partial charge >= 0.3 is 0 Å². The van der Waals surface area contributed by atoms with E-state index in [1.807, 2.05) is 24.0 Å².